The molecule has 0 N–H and O–H groups in total. The molecule has 1 aromatic carbocycles. The Morgan fingerprint density at radius 2 is 1.53 bits per heavy atom. The molecule has 0 radical (unpaired) electrons. The van der Waals surface area contributed by atoms with Gasteiger partial charge in [0.25, 0.3) is 0 Å². The maximum Gasteiger partial charge on any atom is 0.243 e. The van der Waals surface area contributed by atoms with Gasteiger partial charge in [0.05, 0.1) is 4.90 Å². The normalized spacial score (nSPS) is 17.5. The number of sulfonamides is 1. The van der Waals surface area contributed by atoms with Crippen LogP contribution >= 0.6 is 0 Å². The van der Waals surface area contributed by atoms with E-state index in [-0.39, 0.29) is 4.70 Å². The molecule has 1 heterocycles. The van der Waals surface area contributed by atoms with Crippen LogP contribution in [-0.2, 0) is 10.0 Å². The van der Waals surface area contributed by atoms with E-state index in [2.05, 4.69) is 0 Å². The molecule has 0 unspecified atom stereocenters. The summed E-state index contributed by atoms with van der Waals surface area (Å²) >= 11 is 0. The lowest BCUT2D eigenvalue weighted by Gasteiger charge is -2.25. The van der Waals surface area contributed by atoms with Gasteiger partial charge < -0.3 is 4.70 Å². The molecule has 0 bridgehead atoms. The Balaban J connectivity index is 0.00000144. The van der Waals surface area contributed by atoms with Gasteiger partial charge in [-0.3, -0.25) is 0 Å². The van der Waals surface area contributed by atoms with Gasteiger partial charge in [-0.05, 0) is 31.9 Å². The van der Waals surface area contributed by atoms with E-state index in [0.29, 0.717) is 18.0 Å². The Kier molecular flexibility index (Phi) is 4.65. The van der Waals surface area contributed by atoms with Crippen molar-refractivity contribution in [3.05, 3.63) is 29.8 Å². The van der Waals surface area contributed by atoms with E-state index in [0.717, 1.165) is 24.8 Å². The lowest BCUT2D eigenvalue weighted by Crippen LogP contribution is -3.00. The molecule has 1 aromatic rings. The highest BCUT2D eigenvalue weighted by molar-refractivity contribution is 7.89. The minimum atomic E-state index is -3.25. The fourth-order valence-electron chi connectivity index (χ4n) is 1.96. The van der Waals surface area contributed by atoms with Gasteiger partial charge in [-0.25, -0.2) is 8.42 Å². The van der Waals surface area contributed by atoms with Crippen molar-refractivity contribution in [3.8, 4) is 0 Å². The topological polar surface area (TPSA) is 37.4 Å². The molecule has 2 rings (SSSR count). The summed E-state index contributed by atoms with van der Waals surface area (Å²) in [4.78, 5) is 0.417. The predicted octanol–water partition coefficient (Wildman–Crippen LogP) is -0.826. The quantitative estimate of drug-likeness (QED) is 0.695. The molecular formula is C12H17FNO2S-. The van der Waals surface area contributed by atoms with Crippen molar-refractivity contribution in [1.29, 1.82) is 0 Å². The van der Waals surface area contributed by atoms with Crippen LogP contribution in [0.15, 0.2) is 29.2 Å². The molecule has 0 saturated carbocycles. The van der Waals surface area contributed by atoms with Gasteiger partial charge in [-0.15, -0.1) is 0 Å². The highest BCUT2D eigenvalue weighted by Gasteiger charge is 2.25. The molecule has 0 amide bonds. The number of benzene rings is 1. The second kappa shape index (κ2) is 5.60. The summed E-state index contributed by atoms with van der Waals surface area (Å²) in [7, 11) is -3.25. The summed E-state index contributed by atoms with van der Waals surface area (Å²) in [6, 6.07) is 7.08. The van der Waals surface area contributed by atoms with Gasteiger partial charge in [0, 0.05) is 13.1 Å². The van der Waals surface area contributed by atoms with Crippen molar-refractivity contribution in [2.24, 2.45) is 0 Å². The fraction of sp³-hybridized carbons (Fsp3) is 0.500. The zero-order chi connectivity index (χ0) is 11.6. The first-order chi connectivity index (χ1) is 7.60. The van der Waals surface area contributed by atoms with Crippen molar-refractivity contribution < 1.29 is 13.1 Å². The standard InChI is InChI=1S/C12H17NO2S.FH/c1-11-5-7-12(8-6-11)16(14,15)13-9-3-2-4-10-13;/h5-8H,2-4,9-10H2,1H3;1H/p-1. The summed E-state index contributed by atoms with van der Waals surface area (Å²) in [6.07, 6.45) is 3.09. The summed E-state index contributed by atoms with van der Waals surface area (Å²) < 4.78 is 26.0. The minimum Gasteiger partial charge on any atom is -1.00 e. The van der Waals surface area contributed by atoms with E-state index in [1.54, 1.807) is 16.4 Å². The summed E-state index contributed by atoms with van der Waals surface area (Å²) in [6.45, 7) is 3.28. The molecule has 3 nitrogen and oxygen atoms in total. The van der Waals surface area contributed by atoms with Gasteiger partial charge in [-0.1, -0.05) is 24.1 Å². The number of hydrogen-bond acceptors (Lipinski definition) is 2. The van der Waals surface area contributed by atoms with E-state index in [1.807, 2.05) is 19.1 Å². The minimum absolute atomic E-state index is 0. The van der Waals surface area contributed by atoms with Crippen LogP contribution < -0.4 is 4.70 Å². The lowest BCUT2D eigenvalue weighted by molar-refractivity contribution is -0.00000598. The monoisotopic (exact) mass is 258 g/mol. The van der Waals surface area contributed by atoms with Gasteiger partial charge in [0.2, 0.25) is 10.0 Å². The molecule has 0 aliphatic carbocycles. The van der Waals surface area contributed by atoms with E-state index >= 15 is 0 Å². The number of nitrogens with zero attached hydrogens (tertiary/aromatic N) is 1. The summed E-state index contributed by atoms with van der Waals surface area (Å²) in [5.74, 6) is 0. The van der Waals surface area contributed by atoms with Crippen LogP contribution in [-0.4, -0.2) is 25.8 Å². The van der Waals surface area contributed by atoms with Gasteiger partial charge in [-0.2, -0.15) is 4.31 Å². The molecule has 0 spiro atoms. The molecule has 5 heteroatoms. The van der Waals surface area contributed by atoms with E-state index in [1.165, 1.54) is 0 Å². The Morgan fingerprint density at radius 3 is 2.06 bits per heavy atom. The second-order valence-electron chi connectivity index (χ2n) is 4.28. The maximum atomic E-state index is 12.2. The summed E-state index contributed by atoms with van der Waals surface area (Å²) in [5, 5.41) is 0. The van der Waals surface area contributed by atoms with Crippen LogP contribution in [0.3, 0.4) is 0 Å². The van der Waals surface area contributed by atoms with Crippen LogP contribution in [0.25, 0.3) is 0 Å². The molecule has 0 aromatic heterocycles. The molecule has 96 valence electrons. The number of hydrogen-bond donors (Lipinski definition) is 0. The second-order valence-corrected chi connectivity index (χ2v) is 6.22. The lowest BCUT2D eigenvalue weighted by atomic mass is 10.2. The van der Waals surface area contributed by atoms with Crippen LogP contribution in [0.2, 0.25) is 0 Å². The molecule has 17 heavy (non-hydrogen) atoms. The number of rotatable bonds is 2. The van der Waals surface area contributed by atoms with Gasteiger partial charge >= 0.3 is 0 Å². The third-order valence-corrected chi connectivity index (χ3v) is 4.89. The van der Waals surface area contributed by atoms with Crippen molar-refractivity contribution in [3.63, 3.8) is 0 Å². The van der Waals surface area contributed by atoms with Crippen LogP contribution in [0.5, 0.6) is 0 Å². The van der Waals surface area contributed by atoms with Crippen molar-refractivity contribution in [2.45, 2.75) is 31.1 Å². The third-order valence-electron chi connectivity index (χ3n) is 2.97. The Morgan fingerprint density at radius 1 is 1.00 bits per heavy atom. The molecule has 1 aliphatic rings. The highest BCUT2D eigenvalue weighted by atomic mass is 32.2. The van der Waals surface area contributed by atoms with Gasteiger partial charge in [0.15, 0.2) is 0 Å². The zero-order valence-corrected chi connectivity index (χ0v) is 10.7. The maximum absolute atomic E-state index is 12.2. The Bertz CT molecular complexity index is 450. The van der Waals surface area contributed by atoms with Crippen molar-refractivity contribution in [2.75, 3.05) is 13.1 Å². The smallest absolute Gasteiger partial charge is 0.243 e. The van der Waals surface area contributed by atoms with E-state index < -0.39 is 10.0 Å². The fourth-order valence-corrected chi connectivity index (χ4v) is 3.48. The third kappa shape index (κ3) is 3.04. The Hall–Kier alpha value is -0.940. The number of halogens is 1. The largest absolute Gasteiger partial charge is 1.00 e. The molecule has 1 saturated heterocycles. The number of piperidine rings is 1. The molecular weight excluding hydrogens is 241 g/mol. The molecule has 1 fully saturated rings. The van der Waals surface area contributed by atoms with Crippen molar-refractivity contribution >= 4 is 10.0 Å². The van der Waals surface area contributed by atoms with E-state index in [9.17, 15) is 8.42 Å². The highest BCUT2D eigenvalue weighted by Crippen LogP contribution is 2.20. The van der Waals surface area contributed by atoms with Crippen LogP contribution in [0.4, 0.5) is 0 Å². The first kappa shape index (κ1) is 14.1. The average Bonchev–Trinajstić information content (AvgIpc) is 2.31. The van der Waals surface area contributed by atoms with Crippen molar-refractivity contribution in [1.82, 2.24) is 4.31 Å². The predicted molar refractivity (Wildman–Crippen MR) is 63.8 cm³/mol. The molecule has 1 aliphatic heterocycles. The first-order valence-corrected chi connectivity index (χ1v) is 7.11. The zero-order valence-electron chi connectivity index (χ0n) is 9.89. The average molecular weight is 258 g/mol. The Labute approximate surface area is 102 Å². The first-order valence-electron chi connectivity index (χ1n) is 5.67. The van der Waals surface area contributed by atoms with Crippen LogP contribution in [0.1, 0.15) is 24.8 Å². The van der Waals surface area contributed by atoms with Crippen LogP contribution in [0, 0.1) is 6.92 Å². The SMILES string of the molecule is Cc1ccc(S(=O)(=O)N2CCCCC2)cc1.[F-]. The molecule has 0 atom stereocenters. The number of aryl methyl sites for hydroxylation is 1. The van der Waals surface area contributed by atoms with E-state index in [4.69, 9.17) is 0 Å². The summed E-state index contributed by atoms with van der Waals surface area (Å²) in [5.41, 5.74) is 1.08. The van der Waals surface area contributed by atoms with Gasteiger partial charge in [0.1, 0.15) is 0 Å².